The number of aryl methyl sites for hydroxylation is 1. The highest BCUT2D eigenvalue weighted by Gasteiger charge is 2.13. The number of primary sulfonamides is 1. The second-order valence-corrected chi connectivity index (χ2v) is 15.6. The number of nitrogens with two attached hydrogens (primary N) is 1. The van der Waals surface area contributed by atoms with E-state index < -0.39 is 10.0 Å². The molecule has 4 aromatic carbocycles. The first-order chi connectivity index (χ1) is 26.7. The van der Waals surface area contributed by atoms with Crippen molar-refractivity contribution in [3.05, 3.63) is 100 Å². The predicted molar refractivity (Wildman–Crippen MR) is 218 cm³/mol. The second kappa shape index (κ2) is 19.1. The lowest BCUT2D eigenvalue weighted by Crippen LogP contribution is -2.11. The van der Waals surface area contributed by atoms with Gasteiger partial charge in [-0.05, 0) is 90.6 Å². The summed E-state index contributed by atoms with van der Waals surface area (Å²) in [5.41, 5.74) is 2.16. The molecule has 0 aliphatic heterocycles. The minimum absolute atomic E-state index is 0.0191. The van der Waals surface area contributed by atoms with Crippen LogP contribution in [0.3, 0.4) is 0 Å². The van der Waals surface area contributed by atoms with Gasteiger partial charge in [0, 0.05) is 30.0 Å². The Labute approximate surface area is 345 Å². The smallest absolute Gasteiger partial charge is 0.250 e. The number of halogens is 3. The number of aromatic nitrogens is 5. The molecule has 0 aliphatic rings. The van der Waals surface area contributed by atoms with Crippen LogP contribution in [0.1, 0.15) is 0 Å². The number of sulfonamides is 1. The summed E-state index contributed by atoms with van der Waals surface area (Å²) in [7, 11) is -2.03. The number of hydrogen-bond donors (Lipinski definition) is 4. The first-order valence-corrected chi connectivity index (χ1v) is 20.6. The molecule has 0 saturated heterocycles. The van der Waals surface area contributed by atoms with Crippen LogP contribution in [0.4, 0.5) is 33.0 Å². The van der Waals surface area contributed by atoms with Gasteiger partial charge >= 0.3 is 0 Å². The third-order valence-corrected chi connectivity index (χ3v) is 10.5. The van der Waals surface area contributed by atoms with Gasteiger partial charge in [0.15, 0.2) is 10.8 Å². The van der Waals surface area contributed by atoms with E-state index in [1.807, 2.05) is 6.26 Å². The molecule has 288 valence electrons. The molecule has 0 radical (unpaired) electrons. The van der Waals surface area contributed by atoms with Gasteiger partial charge in [-0.2, -0.15) is 18.8 Å². The highest BCUT2D eigenvalue weighted by Crippen LogP contribution is 2.35. The normalized spacial score (nSPS) is 11.6. The van der Waals surface area contributed by atoms with Crippen molar-refractivity contribution in [1.29, 1.82) is 0 Å². The fourth-order valence-electron chi connectivity index (χ4n) is 3.93. The molecule has 0 atom stereocenters. The van der Waals surface area contributed by atoms with E-state index in [0.717, 1.165) is 11.5 Å². The summed E-state index contributed by atoms with van der Waals surface area (Å²) in [5, 5.41) is 63.6. The molecule has 24 heteroatoms. The summed E-state index contributed by atoms with van der Waals surface area (Å²) in [6.45, 7) is 0. The van der Waals surface area contributed by atoms with Crippen molar-refractivity contribution in [1.82, 2.24) is 23.5 Å². The monoisotopic (exact) mass is 890 g/mol. The standard InChI is InChI=1S/C13H9ClN4O3S2.C10H9ClN4O.C9H7ClN4OS2/c14-10-5-7(1-4-12(10)19)16-17-13-9-6-8(23(15,20)21)2-3-11(9)18-22-13;1-15-10(4-5-12-15)14-13-7-2-3-9(16)8(11)6-7;1-16-9-11-8(17-14-9)13-12-5-2-3-7(15)6(10)4-5/h1-6,19H,(H2,15,20,21);2-6,16H,1H3;2-4,15H,1H3. The number of nitrogens with zero attached hydrogens (tertiary/aromatic N) is 11. The number of hydrogen-bond acceptors (Lipinski definition) is 18. The Morgan fingerprint density at radius 3 is 1.75 bits per heavy atom. The number of phenolic OH excluding ortho intramolecular Hbond substituents is 3. The molecule has 3 heterocycles. The maximum atomic E-state index is 11.4. The third kappa shape index (κ3) is 11.7. The fourth-order valence-corrected chi connectivity index (χ4v) is 6.73. The number of fused-ring (bicyclic) bond motifs is 1. The highest BCUT2D eigenvalue weighted by atomic mass is 35.5. The van der Waals surface area contributed by atoms with Gasteiger partial charge in [-0.25, -0.2) is 18.2 Å². The van der Waals surface area contributed by atoms with Crippen molar-refractivity contribution in [2.75, 3.05) is 6.26 Å². The van der Waals surface area contributed by atoms with Crippen LogP contribution >= 0.6 is 69.6 Å². The third-order valence-electron chi connectivity index (χ3n) is 6.70. The van der Waals surface area contributed by atoms with E-state index in [4.69, 9.17) is 39.9 Å². The molecule has 5 N–H and O–H groups in total. The van der Waals surface area contributed by atoms with Gasteiger partial charge in [-0.15, -0.1) is 30.7 Å². The Kier molecular flexibility index (Phi) is 14.4. The first kappa shape index (κ1) is 42.0. The molecule has 0 bridgehead atoms. The lowest BCUT2D eigenvalue weighted by atomic mass is 10.2. The quantitative estimate of drug-likeness (QED) is 0.0829. The van der Waals surface area contributed by atoms with Gasteiger partial charge in [-0.3, -0.25) is 0 Å². The molecular formula is C32H25Cl3N12O5S4. The van der Waals surface area contributed by atoms with Gasteiger partial charge in [-0.1, -0.05) is 46.6 Å². The largest absolute Gasteiger partial charge is 0.506 e. The van der Waals surface area contributed by atoms with Gasteiger partial charge in [0.25, 0.3) is 0 Å². The number of thioether (sulfide) groups is 1. The SMILES string of the molecule is CSc1nsc(N=Nc2ccc(O)c(Cl)c2)n1.Cn1nccc1N=Nc1ccc(O)c(Cl)c1.NS(=O)(=O)c1ccc2nsc(N=Nc3ccc(O)c(Cl)c3)c2c1. The molecule has 3 aromatic heterocycles. The van der Waals surface area contributed by atoms with E-state index in [9.17, 15) is 23.7 Å². The minimum Gasteiger partial charge on any atom is -0.506 e. The van der Waals surface area contributed by atoms with Gasteiger partial charge in [0.1, 0.15) is 17.2 Å². The number of aromatic hydroxyl groups is 3. The van der Waals surface area contributed by atoms with Crippen molar-refractivity contribution in [2.45, 2.75) is 10.1 Å². The number of rotatable bonds is 8. The Morgan fingerprint density at radius 1 is 0.714 bits per heavy atom. The lowest BCUT2D eigenvalue weighted by molar-refractivity contribution is 0.475. The number of azo groups is 3. The molecule has 0 aliphatic carbocycles. The summed E-state index contributed by atoms with van der Waals surface area (Å²) in [4.78, 5) is 4.09. The molecule has 0 spiro atoms. The Morgan fingerprint density at radius 2 is 1.27 bits per heavy atom. The van der Waals surface area contributed by atoms with E-state index >= 15 is 0 Å². The van der Waals surface area contributed by atoms with Gasteiger partial charge < -0.3 is 15.3 Å². The van der Waals surface area contributed by atoms with Crippen LogP contribution in [0, 0.1) is 0 Å². The van der Waals surface area contributed by atoms with Crippen molar-refractivity contribution in [3.63, 3.8) is 0 Å². The highest BCUT2D eigenvalue weighted by molar-refractivity contribution is 7.98. The van der Waals surface area contributed by atoms with Gasteiger partial charge in [0.2, 0.25) is 20.3 Å². The summed E-state index contributed by atoms with van der Waals surface area (Å²) >= 11 is 21.0. The van der Waals surface area contributed by atoms with Crippen molar-refractivity contribution < 1.29 is 23.7 Å². The zero-order valence-electron chi connectivity index (χ0n) is 28.5. The Bertz CT molecular complexity index is 2690. The van der Waals surface area contributed by atoms with Gasteiger partial charge in [0.05, 0.1) is 48.7 Å². The van der Waals surface area contributed by atoms with Crippen LogP contribution in [-0.4, -0.2) is 53.5 Å². The predicted octanol–water partition coefficient (Wildman–Crippen LogP) is 10.9. The van der Waals surface area contributed by atoms with Crippen LogP contribution < -0.4 is 5.14 Å². The zero-order valence-corrected chi connectivity index (χ0v) is 34.0. The zero-order chi connectivity index (χ0) is 40.4. The Balaban J connectivity index is 0.000000164. The second-order valence-electron chi connectivity index (χ2n) is 10.6. The van der Waals surface area contributed by atoms with E-state index in [2.05, 4.69) is 49.5 Å². The van der Waals surface area contributed by atoms with E-state index in [-0.39, 0.29) is 37.2 Å². The minimum atomic E-state index is -3.81. The van der Waals surface area contributed by atoms with Crippen LogP contribution in [0.15, 0.2) is 126 Å². The van der Waals surface area contributed by atoms with Crippen LogP contribution in [0.5, 0.6) is 17.2 Å². The molecule has 0 saturated carbocycles. The van der Waals surface area contributed by atoms with Crippen LogP contribution in [-0.2, 0) is 17.1 Å². The number of phenols is 3. The molecule has 56 heavy (non-hydrogen) atoms. The molecule has 0 unspecified atom stereocenters. The van der Waals surface area contributed by atoms with Crippen LogP contribution in [0.25, 0.3) is 10.9 Å². The Hall–Kier alpha value is -5.13. The molecule has 17 nitrogen and oxygen atoms in total. The summed E-state index contributed by atoms with van der Waals surface area (Å²) in [6.07, 6.45) is 3.53. The van der Waals surface area contributed by atoms with E-state index in [1.165, 1.54) is 71.8 Å². The van der Waals surface area contributed by atoms with E-state index in [0.29, 0.717) is 49.1 Å². The van der Waals surface area contributed by atoms with Crippen molar-refractivity contribution >= 4 is 124 Å². The number of benzene rings is 4. The lowest BCUT2D eigenvalue weighted by Gasteiger charge is -1.98. The average Bonchev–Trinajstić information content (AvgIpc) is 3.93. The molecular weight excluding hydrogens is 867 g/mol. The molecule has 7 aromatic rings. The molecule has 0 fully saturated rings. The maximum Gasteiger partial charge on any atom is 0.250 e. The van der Waals surface area contributed by atoms with Crippen LogP contribution in [0.2, 0.25) is 15.1 Å². The summed E-state index contributed by atoms with van der Waals surface area (Å²) < 4.78 is 32.7. The van der Waals surface area contributed by atoms with E-state index in [1.54, 1.807) is 48.3 Å². The van der Waals surface area contributed by atoms with Crippen molar-refractivity contribution in [2.24, 2.45) is 42.9 Å². The average molecular weight is 892 g/mol. The maximum absolute atomic E-state index is 11.4. The topological polar surface area (TPSA) is 252 Å². The van der Waals surface area contributed by atoms with Crippen molar-refractivity contribution in [3.8, 4) is 17.2 Å². The molecule has 7 rings (SSSR count). The fraction of sp³-hybridized carbons (Fsp3) is 0.0625. The summed E-state index contributed by atoms with van der Waals surface area (Å²) in [6, 6.07) is 19.7. The summed E-state index contributed by atoms with van der Waals surface area (Å²) in [5.74, 6) is 0.642. The first-order valence-electron chi connectivity index (χ1n) is 15.2. The molecule has 0 amide bonds.